The summed E-state index contributed by atoms with van der Waals surface area (Å²) in [5.74, 6) is -3.46. The molecule has 2 aliphatic rings. The van der Waals surface area contributed by atoms with E-state index in [2.05, 4.69) is 0 Å². The normalized spacial score (nSPS) is 27.7. The first-order chi connectivity index (χ1) is 27.1. The molecule has 0 aromatic heterocycles. The number of aromatic hydroxyl groups is 5. The van der Waals surface area contributed by atoms with Crippen LogP contribution in [0.3, 0.4) is 0 Å². The highest BCUT2D eigenvalue weighted by Crippen LogP contribution is 2.33. The molecule has 10 unspecified atom stereocenters. The van der Waals surface area contributed by atoms with Crippen molar-refractivity contribution >= 4 is 24.1 Å². The molecule has 10 atom stereocenters. The third-order valence-electron chi connectivity index (χ3n) is 9.10. The minimum atomic E-state index is -1.86. The van der Waals surface area contributed by atoms with Crippen LogP contribution >= 0.6 is 0 Å². The van der Waals surface area contributed by atoms with Gasteiger partial charge in [-0.05, 0) is 78.6 Å². The molecule has 0 saturated carbocycles. The minimum absolute atomic E-state index is 0.119. The van der Waals surface area contributed by atoms with E-state index in [4.69, 9.17) is 33.2 Å². The van der Waals surface area contributed by atoms with Crippen molar-refractivity contribution in [2.24, 2.45) is 0 Å². The lowest BCUT2D eigenvalue weighted by Gasteiger charge is -2.46. The Kier molecular flexibility index (Phi) is 14.3. The van der Waals surface area contributed by atoms with Crippen molar-refractivity contribution in [3.8, 4) is 34.5 Å². The maximum Gasteiger partial charge on any atom is 0.331 e. The molecule has 2 aliphatic heterocycles. The zero-order valence-electron chi connectivity index (χ0n) is 30.6. The summed E-state index contributed by atoms with van der Waals surface area (Å²) in [4.78, 5) is 26.2. The monoisotopic (exact) mass is 800 g/mol. The molecule has 2 heterocycles. The van der Waals surface area contributed by atoms with Crippen molar-refractivity contribution in [3.63, 3.8) is 0 Å². The van der Waals surface area contributed by atoms with Crippen molar-refractivity contribution < 1.29 is 88.7 Å². The SMILES string of the molecule is COc1cc(C=CC(=O)OCC2OC(OCCc3ccc(O)c(O)c3)C(O)C(OC3OC(C)C(O)C(O)C3O)C2OC(=O)C=Cc2ccc(O)c(O)c2)ccc1O. The molecule has 18 nitrogen and oxygen atoms in total. The van der Waals surface area contributed by atoms with E-state index in [1.54, 1.807) is 0 Å². The number of carbonyl (C=O) groups excluding carboxylic acids is 2. The molecule has 0 aliphatic carbocycles. The number of aliphatic hydroxyl groups is 4. The zero-order chi connectivity index (χ0) is 41.4. The second-order valence-corrected chi connectivity index (χ2v) is 13.1. The van der Waals surface area contributed by atoms with Crippen molar-refractivity contribution in [2.75, 3.05) is 20.3 Å². The highest BCUT2D eigenvalue weighted by molar-refractivity contribution is 5.88. The Balaban J connectivity index is 1.41. The fourth-order valence-electron chi connectivity index (χ4n) is 5.92. The molecular formula is C39H44O18. The van der Waals surface area contributed by atoms with Gasteiger partial charge in [-0.2, -0.15) is 0 Å². The smallest absolute Gasteiger partial charge is 0.331 e. The fourth-order valence-corrected chi connectivity index (χ4v) is 5.92. The average Bonchev–Trinajstić information content (AvgIpc) is 3.19. The Bertz CT molecular complexity index is 1910. The molecule has 3 aromatic carbocycles. The van der Waals surface area contributed by atoms with E-state index in [1.807, 2.05) is 0 Å². The van der Waals surface area contributed by atoms with E-state index in [9.17, 15) is 55.5 Å². The lowest BCUT2D eigenvalue weighted by Crippen LogP contribution is -2.65. The van der Waals surface area contributed by atoms with Crippen molar-refractivity contribution in [2.45, 2.75) is 74.8 Å². The number of benzene rings is 3. The first-order valence-corrected chi connectivity index (χ1v) is 17.6. The number of hydrogen-bond donors (Lipinski definition) is 9. The number of methoxy groups -OCH3 is 1. The van der Waals surface area contributed by atoms with Crippen LogP contribution in [-0.2, 0) is 44.4 Å². The highest BCUT2D eigenvalue weighted by atomic mass is 16.7. The lowest BCUT2D eigenvalue weighted by molar-refractivity contribution is -0.357. The summed E-state index contributed by atoms with van der Waals surface area (Å²) in [6.07, 6.45) is -11.3. The van der Waals surface area contributed by atoms with Crippen molar-refractivity contribution in [1.82, 2.24) is 0 Å². The van der Waals surface area contributed by atoms with E-state index in [1.165, 1.54) is 80.8 Å². The van der Waals surface area contributed by atoms with Crippen LogP contribution in [0.1, 0.15) is 23.6 Å². The Labute approximate surface area is 325 Å². The first kappa shape index (κ1) is 42.7. The van der Waals surface area contributed by atoms with Crippen LogP contribution in [0.4, 0.5) is 0 Å². The molecule has 3 aromatic rings. The van der Waals surface area contributed by atoms with Crippen molar-refractivity contribution in [3.05, 3.63) is 83.4 Å². The van der Waals surface area contributed by atoms with E-state index in [0.29, 0.717) is 11.1 Å². The van der Waals surface area contributed by atoms with Gasteiger partial charge in [-0.25, -0.2) is 9.59 Å². The van der Waals surface area contributed by atoms with Crippen LogP contribution in [0.5, 0.6) is 34.5 Å². The molecule has 0 amide bonds. The molecule has 0 spiro atoms. The van der Waals surface area contributed by atoms with Gasteiger partial charge in [-0.15, -0.1) is 0 Å². The summed E-state index contributed by atoms with van der Waals surface area (Å²) >= 11 is 0. The van der Waals surface area contributed by atoms with E-state index in [-0.39, 0.29) is 41.6 Å². The van der Waals surface area contributed by atoms with Gasteiger partial charge in [0.25, 0.3) is 0 Å². The van der Waals surface area contributed by atoms with Crippen LogP contribution < -0.4 is 4.74 Å². The van der Waals surface area contributed by atoms with Crippen LogP contribution in [-0.4, -0.2) is 140 Å². The van der Waals surface area contributed by atoms with Crippen LogP contribution in [0.15, 0.2) is 66.7 Å². The number of esters is 2. The highest BCUT2D eigenvalue weighted by Gasteiger charge is 2.52. The topological polar surface area (TPSA) is 281 Å². The summed E-state index contributed by atoms with van der Waals surface area (Å²) in [5, 5.41) is 92.0. The van der Waals surface area contributed by atoms with E-state index < -0.39 is 91.5 Å². The second-order valence-electron chi connectivity index (χ2n) is 13.1. The van der Waals surface area contributed by atoms with Crippen molar-refractivity contribution in [1.29, 1.82) is 0 Å². The summed E-state index contributed by atoms with van der Waals surface area (Å²) in [7, 11) is 1.36. The van der Waals surface area contributed by atoms with Gasteiger partial charge >= 0.3 is 11.9 Å². The predicted molar refractivity (Wildman–Crippen MR) is 195 cm³/mol. The van der Waals surface area contributed by atoms with Gasteiger partial charge in [-0.3, -0.25) is 0 Å². The molecule has 0 radical (unpaired) electrons. The van der Waals surface area contributed by atoms with Gasteiger partial charge < -0.3 is 79.1 Å². The molecule has 308 valence electrons. The minimum Gasteiger partial charge on any atom is -0.504 e. The van der Waals surface area contributed by atoms with Crippen LogP contribution in [0.2, 0.25) is 0 Å². The third-order valence-corrected chi connectivity index (χ3v) is 9.10. The average molecular weight is 801 g/mol. The van der Waals surface area contributed by atoms with Crippen LogP contribution in [0, 0.1) is 0 Å². The molecule has 5 rings (SSSR count). The van der Waals surface area contributed by atoms with Gasteiger partial charge in [0, 0.05) is 12.2 Å². The maximum absolute atomic E-state index is 13.3. The Morgan fingerprint density at radius 3 is 1.98 bits per heavy atom. The second kappa shape index (κ2) is 19.1. The number of carbonyl (C=O) groups is 2. The third kappa shape index (κ3) is 10.9. The molecular weight excluding hydrogens is 756 g/mol. The van der Waals surface area contributed by atoms with E-state index in [0.717, 1.165) is 12.2 Å². The predicted octanol–water partition coefficient (Wildman–Crippen LogP) is 0.963. The standard InChI is InChI=1S/C39H44O18/c1-19-32(47)33(48)34(49)39(54-19)57-37-35(50)38(52-14-13-22-4-9-24(41)27(44)16-22)55-29(18-53-30(45)11-6-21-5-10-25(42)28(17-21)51-2)36(37)56-31(46)12-7-20-3-8-23(40)26(43)15-20/h3-12,15-17,19,29,32-44,47-50H,13-14,18H2,1-2H3. The number of rotatable bonds is 14. The number of ether oxygens (including phenoxy) is 7. The summed E-state index contributed by atoms with van der Waals surface area (Å²) in [6.45, 7) is 0.609. The van der Waals surface area contributed by atoms with Gasteiger partial charge in [0.15, 0.2) is 53.2 Å². The molecule has 2 fully saturated rings. The maximum atomic E-state index is 13.3. The summed E-state index contributed by atoms with van der Waals surface area (Å²) in [5.41, 5.74) is 1.29. The zero-order valence-corrected chi connectivity index (χ0v) is 30.6. The van der Waals surface area contributed by atoms with Gasteiger partial charge in [0.05, 0.1) is 19.8 Å². The molecule has 57 heavy (non-hydrogen) atoms. The molecule has 0 bridgehead atoms. The Hall–Kier alpha value is -5.44. The van der Waals surface area contributed by atoms with Gasteiger partial charge in [0.2, 0.25) is 0 Å². The first-order valence-electron chi connectivity index (χ1n) is 17.6. The molecule has 9 N–H and O–H groups in total. The summed E-state index contributed by atoms with van der Waals surface area (Å²) < 4.78 is 39.7. The Morgan fingerprint density at radius 2 is 1.32 bits per heavy atom. The van der Waals surface area contributed by atoms with Crippen LogP contribution in [0.25, 0.3) is 12.2 Å². The number of phenolic OH excluding ortho intramolecular Hbond substituents is 5. The number of hydrogen-bond acceptors (Lipinski definition) is 18. The summed E-state index contributed by atoms with van der Waals surface area (Å²) in [6, 6.07) is 12.2. The number of phenols is 5. The van der Waals surface area contributed by atoms with Gasteiger partial charge in [0.1, 0.15) is 43.2 Å². The quantitative estimate of drug-likeness (QED) is 0.0624. The number of aliphatic hydroxyl groups excluding tert-OH is 4. The Morgan fingerprint density at radius 1 is 0.684 bits per heavy atom. The van der Waals surface area contributed by atoms with E-state index >= 15 is 0 Å². The largest absolute Gasteiger partial charge is 0.504 e. The lowest BCUT2D eigenvalue weighted by atomic mass is 9.97. The molecule has 2 saturated heterocycles. The van der Waals surface area contributed by atoms with Gasteiger partial charge in [-0.1, -0.05) is 18.2 Å². The molecule has 18 heteroatoms. The fraction of sp³-hybridized carbons (Fsp3) is 0.385.